The molecule has 3 rings (SSSR count). The fourth-order valence-electron chi connectivity index (χ4n) is 2.11. The molecular weight excluding hydrogens is 330 g/mol. The van der Waals surface area contributed by atoms with Crippen molar-refractivity contribution < 1.29 is 19.1 Å². The Morgan fingerprint density at radius 3 is 2.60 bits per heavy atom. The predicted molar refractivity (Wildman–Crippen MR) is 82.9 cm³/mol. The molecule has 128 valence electrons. The second-order valence-corrected chi connectivity index (χ2v) is 4.71. The molecule has 11 heteroatoms. The van der Waals surface area contributed by atoms with Gasteiger partial charge < -0.3 is 14.8 Å². The van der Waals surface area contributed by atoms with Gasteiger partial charge in [0.05, 0.1) is 11.4 Å². The lowest BCUT2D eigenvalue weighted by molar-refractivity contribution is -0.122. The number of aryl methyl sites for hydroxylation is 3. The molecule has 2 N–H and O–H groups in total. The Bertz CT molecular complexity index is 983. The summed E-state index contributed by atoms with van der Waals surface area (Å²) < 4.78 is 6.57. The van der Waals surface area contributed by atoms with Crippen LogP contribution in [0.25, 0.3) is 5.78 Å². The van der Waals surface area contributed by atoms with Crippen molar-refractivity contribution in [3.05, 3.63) is 34.9 Å². The standard InChI is InChI=1S/C13H11N7O2.CH2O2/c1-6-9(4-14)11(20-13(18-6)15-5-16-20)19-12(21)10-7(2)17-8(3)22-10;2-1-3/h5H,1-3H3,(H,19,21);1H,(H,2,3). The van der Waals surface area contributed by atoms with E-state index in [1.165, 1.54) is 10.8 Å². The van der Waals surface area contributed by atoms with Gasteiger partial charge in [-0.25, -0.2) is 9.97 Å². The van der Waals surface area contributed by atoms with Gasteiger partial charge in [-0.2, -0.15) is 19.9 Å². The van der Waals surface area contributed by atoms with E-state index in [1.54, 1.807) is 20.8 Å². The molecule has 0 saturated carbocycles. The second-order valence-electron chi connectivity index (χ2n) is 4.71. The Labute approximate surface area is 141 Å². The maximum Gasteiger partial charge on any atom is 0.294 e. The number of hydrogen-bond acceptors (Lipinski definition) is 8. The van der Waals surface area contributed by atoms with Gasteiger partial charge >= 0.3 is 0 Å². The number of nitriles is 1. The van der Waals surface area contributed by atoms with Gasteiger partial charge in [0, 0.05) is 6.92 Å². The molecule has 0 unspecified atom stereocenters. The lowest BCUT2D eigenvalue weighted by Crippen LogP contribution is -2.17. The van der Waals surface area contributed by atoms with E-state index in [0.717, 1.165) is 0 Å². The molecule has 11 nitrogen and oxygen atoms in total. The summed E-state index contributed by atoms with van der Waals surface area (Å²) in [5, 5.41) is 22.8. The van der Waals surface area contributed by atoms with Crippen molar-refractivity contribution in [3.63, 3.8) is 0 Å². The van der Waals surface area contributed by atoms with Crippen molar-refractivity contribution in [1.29, 1.82) is 5.26 Å². The minimum absolute atomic E-state index is 0.0871. The van der Waals surface area contributed by atoms with Crippen LogP contribution < -0.4 is 5.32 Å². The number of nitrogens with one attached hydrogen (secondary N) is 1. The van der Waals surface area contributed by atoms with Crippen LogP contribution in [0.2, 0.25) is 0 Å². The van der Waals surface area contributed by atoms with Crippen LogP contribution in [-0.2, 0) is 4.79 Å². The molecule has 0 aliphatic rings. The van der Waals surface area contributed by atoms with Crippen LogP contribution in [-0.4, -0.2) is 42.1 Å². The smallest absolute Gasteiger partial charge is 0.294 e. The first-order chi connectivity index (χ1) is 11.9. The van der Waals surface area contributed by atoms with Crippen LogP contribution in [0.3, 0.4) is 0 Å². The summed E-state index contributed by atoms with van der Waals surface area (Å²) in [7, 11) is 0. The molecule has 25 heavy (non-hydrogen) atoms. The quantitative estimate of drug-likeness (QED) is 0.643. The van der Waals surface area contributed by atoms with E-state index < -0.39 is 5.91 Å². The van der Waals surface area contributed by atoms with Crippen molar-refractivity contribution in [2.45, 2.75) is 20.8 Å². The number of aromatic nitrogens is 5. The average Bonchev–Trinajstić information content (AvgIpc) is 3.14. The highest BCUT2D eigenvalue weighted by atomic mass is 16.4. The Kier molecular flexibility index (Phi) is 5.03. The molecule has 0 saturated heterocycles. The zero-order chi connectivity index (χ0) is 18.6. The summed E-state index contributed by atoms with van der Waals surface area (Å²) in [6, 6.07) is 2.01. The summed E-state index contributed by atoms with van der Waals surface area (Å²) in [4.78, 5) is 32.9. The van der Waals surface area contributed by atoms with Gasteiger partial charge in [-0.3, -0.25) is 9.59 Å². The fourth-order valence-corrected chi connectivity index (χ4v) is 2.11. The fraction of sp³-hybridized carbons (Fsp3) is 0.214. The molecule has 1 amide bonds. The number of anilines is 1. The summed E-state index contributed by atoms with van der Waals surface area (Å²) in [5.74, 6) is 0.444. The minimum atomic E-state index is -0.517. The third-order valence-electron chi connectivity index (χ3n) is 3.06. The maximum absolute atomic E-state index is 12.4. The molecule has 3 heterocycles. The van der Waals surface area contributed by atoms with Crippen molar-refractivity contribution in [1.82, 2.24) is 24.6 Å². The number of carbonyl (C=O) groups excluding carboxylic acids is 1. The number of oxazole rings is 1. The van der Waals surface area contributed by atoms with Crippen molar-refractivity contribution >= 4 is 24.0 Å². The van der Waals surface area contributed by atoms with Crippen LogP contribution in [0.15, 0.2) is 10.7 Å². The molecule has 3 aromatic heterocycles. The average molecular weight is 343 g/mol. The van der Waals surface area contributed by atoms with Crippen molar-refractivity contribution in [2.75, 3.05) is 5.32 Å². The number of fused-ring (bicyclic) bond motifs is 1. The summed E-state index contributed by atoms with van der Waals surface area (Å²) in [6.07, 6.45) is 1.29. The third-order valence-corrected chi connectivity index (χ3v) is 3.06. The summed E-state index contributed by atoms with van der Waals surface area (Å²) in [5.41, 5.74) is 1.12. The van der Waals surface area contributed by atoms with E-state index in [-0.39, 0.29) is 29.4 Å². The Morgan fingerprint density at radius 1 is 1.36 bits per heavy atom. The number of hydrogen-bond donors (Lipinski definition) is 2. The van der Waals surface area contributed by atoms with Crippen LogP contribution in [0.1, 0.15) is 33.4 Å². The highest BCUT2D eigenvalue weighted by Crippen LogP contribution is 2.20. The molecule has 0 aromatic carbocycles. The van der Waals surface area contributed by atoms with E-state index in [0.29, 0.717) is 17.3 Å². The molecule has 0 aliphatic heterocycles. The van der Waals surface area contributed by atoms with E-state index in [9.17, 15) is 10.1 Å². The Morgan fingerprint density at radius 2 is 2.04 bits per heavy atom. The lowest BCUT2D eigenvalue weighted by atomic mass is 10.2. The van der Waals surface area contributed by atoms with E-state index in [1.807, 2.05) is 6.07 Å². The topological polar surface area (TPSA) is 159 Å². The van der Waals surface area contributed by atoms with E-state index >= 15 is 0 Å². The van der Waals surface area contributed by atoms with Gasteiger partial charge in [-0.15, -0.1) is 0 Å². The largest absolute Gasteiger partial charge is 0.483 e. The molecule has 0 aliphatic carbocycles. The van der Waals surface area contributed by atoms with Gasteiger partial charge in [0.1, 0.15) is 18.0 Å². The molecule has 0 atom stereocenters. The molecule has 0 bridgehead atoms. The third kappa shape index (κ3) is 3.42. The van der Waals surface area contributed by atoms with Crippen LogP contribution in [0, 0.1) is 32.1 Å². The SMILES string of the molecule is Cc1nc(C)c(C(=O)Nc2c(C#N)c(C)nc3ncnn23)o1.O=CO. The normalized spacial score (nSPS) is 9.84. The molecule has 0 spiro atoms. The van der Waals surface area contributed by atoms with Gasteiger partial charge in [-0.1, -0.05) is 0 Å². The van der Waals surface area contributed by atoms with Gasteiger partial charge in [0.15, 0.2) is 11.7 Å². The first-order valence-electron chi connectivity index (χ1n) is 6.86. The zero-order valence-electron chi connectivity index (χ0n) is 13.5. The predicted octanol–water partition coefficient (Wildman–Crippen LogP) is 0.862. The van der Waals surface area contributed by atoms with Gasteiger partial charge in [0.25, 0.3) is 18.2 Å². The van der Waals surface area contributed by atoms with Crippen molar-refractivity contribution in [3.8, 4) is 6.07 Å². The minimum Gasteiger partial charge on any atom is -0.483 e. The molecule has 0 fully saturated rings. The maximum atomic E-state index is 12.4. The van der Waals surface area contributed by atoms with Crippen LogP contribution in [0.5, 0.6) is 0 Å². The monoisotopic (exact) mass is 343 g/mol. The Hall–Kier alpha value is -3.81. The number of nitrogens with zero attached hydrogens (tertiary/aromatic N) is 6. The highest BCUT2D eigenvalue weighted by Gasteiger charge is 2.21. The van der Waals surface area contributed by atoms with Gasteiger partial charge in [-0.05, 0) is 13.8 Å². The number of rotatable bonds is 2. The first-order valence-corrected chi connectivity index (χ1v) is 6.86. The number of amides is 1. The number of carbonyl (C=O) groups is 2. The Balaban J connectivity index is 0.000000701. The molecule has 0 radical (unpaired) electrons. The van der Waals surface area contributed by atoms with E-state index in [2.05, 4.69) is 25.4 Å². The molecular formula is C14H13N7O4. The van der Waals surface area contributed by atoms with Gasteiger partial charge in [0.2, 0.25) is 5.76 Å². The zero-order valence-corrected chi connectivity index (χ0v) is 13.5. The van der Waals surface area contributed by atoms with Crippen molar-refractivity contribution in [2.24, 2.45) is 0 Å². The first kappa shape index (κ1) is 17.5. The second kappa shape index (κ2) is 7.18. The summed E-state index contributed by atoms with van der Waals surface area (Å²) >= 11 is 0. The molecule has 3 aromatic rings. The lowest BCUT2D eigenvalue weighted by Gasteiger charge is -2.09. The van der Waals surface area contributed by atoms with E-state index in [4.69, 9.17) is 14.3 Å². The summed E-state index contributed by atoms with van der Waals surface area (Å²) in [6.45, 7) is 4.73. The van der Waals surface area contributed by atoms with Crippen LogP contribution in [0.4, 0.5) is 5.82 Å². The van der Waals surface area contributed by atoms with Crippen LogP contribution >= 0.6 is 0 Å². The number of carboxylic acid groups (broad SMARTS) is 1. The highest BCUT2D eigenvalue weighted by molar-refractivity contribution is 6.03.